The molecule has 0 saturated heterocycles. The van der Waals surface area contributed by atoms with Crippen molar-refractivity contribution in [3.05, 3.63) is 52.4 Å². The highest BCUT2D eigenvalue weighted by Gasteiger charge is 2.13. The number of nitrogens with two attached hydrogens (primary N) is 1. The van der Waals surface area contributed by atoms with E-state index in [0.29, 0.717) is 5.82 Å². The number of hydrazine groups is 1. The molecule has 0 aliphatic rings. The minimum Gasteiger partial charge on any atom is -0.344 e. The molecule has 1 amide bonds. The number of nitrogens with zero attached hydrogens (tertiary/aromatic N) is 2. The molecule has 0 radical (unpaired) electrons. The van der Waals surface area contributed by atoms with E-state index in [9.17, 15) is 4.79 Å². The standard InChI is InChI=1S/C13H14BrN5O/c1-8(9-3-2-4-10(14)5-9)17-13(20)11-6-16-7-12(18-11)19-15/h2-8H,15H2,1H3,(H,17,20)(H,18,19). The van der Waals surface area contributed by atoms with Crippen molar-refractivity contribution in [1.29, 1.82) is 0 Å². The van der Waals surface area contributed by atoms with E-state index in [4.69, 9.17) is 5.84 Å². The van der Waals surface area contributed by atoms with Gasteiger partial charge in [-0.1, -0.05) is 28.1 Å². The van der Waals surface area contributed by atoms with Gasteiger partial charge < -0.3 is 10.7 Å². The van der Waals surface area contributed by atoms with Gasteiger partial charge in [0.15, 0.2) is 5.82 Å². The second kappa shape index (κ2) is 6.44. The number of halogens is 1. The van der Waals surface area contributed by atoms with Gasteiger partial charge in [0.05, 0.1) is 18.4 Å². The van der Waals surface area contributed by atoms with Crippen LogP contribution in [0.15, 0.2) is 41.1 Å². The molecule has 0 fully saturated rings. The molecule has 1 aromatic heterocycles. The minimum atomic E-state index is -0.304. The number of hydrogen-bond acceptors (Lipinski definition) is 5. The number of hydrogen-bond donors (Lipinski definition) is 3. The zero-order valence-corrected chi connectivity index (χ0v) is 12.4. The van der Waals surface area contributed by atoms with Crippen molar-refractivity contribution in [1.82, 2.24) is 15.3 Å². The molecule has 1 aromatic carbocycles. The van der Waals surface area contributed by atoms with Gasteiger partial charge in [-0.05, 0) is 24.6 Å². The Bertz CT molecular complexity index is 619. The Morgan fingerprint density at radius 1 is 1.40 bits per heavy atom. The van der Waals surface area contributed by atoms with Gasteiger partial charge in [0, 0.05) is 4.47 Å². The average molecular weight is 336 g/mol. The monoisotopic (exact) mass is 335 g/mol. The summed E-state index contributed by atoms with van der Waals surface area (Å²) in [5.74, 6) is 5.28. The van der Waals surface area contributed by atoms with Crippen LogP contribution in [0.4, 0.5) is 5.82 Å². The summed E-state index contributed by atoms with van der Waals surface area (Å²) < 4.78 is 0.963. The third kappa shape index (κ3) is 3.52. The first kappa shape index (κ1) is 14.4. The van der Waals surface area contributed by atoms with Gasteiger partial charge in [-0.25, -0.2) is 10.8 Å². The highest BCUT2D eigenvalue weighted by Crippen LogP contribution is 2.18. The Kier molecular flexibility index (Phi) is 4.65. The van der Waals surface area contributed by atoms with Crippen LogP contribution >= 0.6 is 15.9 Å². The lowest BCUT2D eigenvalue weighted by atomic mass is 10.1. The summed E-state index contributed by atoms with van der Waals surface area (Å²) in [5, 5.41) is 2.86. The van der Waals surface area contributed by atoms with Crippen LogP contribution in [0, 0.1) is 0 Å². The lowest BCUT2D eigenvalue weighted by Gasteiger charge is -2.14. The summed E-state index contributed by atoms with van der Waals surface area (Å²) in [6, 6.07) is 7.60. The molecule has 20 heavy (non-hydrogen) atoms. The Labute approximate surface area is 124 Å². The minimum absolute atomic E-state index is 0.142. The predicted molar refractivity (Wildman–Crippen MR) is 79.9 cm³/mol. The molecular formula is C13H14BrN5O. The van der Waals surface area contributed by atoms with Gasteiger partial charge in [0.1, 0.15) is 5.69 Å². The van der Waals surface area contributed by atoms with Gasteiger partial charge in [0.25, 0.3) is 5.91 Å². The van der Waals surface area contributed by atoms with Crippen LogP contribution in [0.25, 0.3) is 0 Å². The molecule has 0 aliphatic heterocycles. The fourth-order valence-corrected chi connectivity index (χ4v) is 2.09. The molecule has 1 atom stereocenters. The number of nitrogens with one attached hydrogen (secondary N) is 2. The quantitative estimate of drug-likeness (QED) is 0.587. The van der Waals surface area contributed by atoms with Crippen molar-refractivity contribution in [2.45, 2.75) is 13.0 Å². The number of amides is 1. The van der Waals surface area contributed by atoms with Crippen molar-refractivity contribution in [3.63, 3.8) is 0 Å². The number of benzene rings is 1. The molecular weight excluding hydrogens is 322 g/mol. The number of carbonyl (C=O) groups is 1. The first-order valence-corrected chi connectivity index (χ1v) is 6.74. The molecule has 2 aromatic rings. The first-order chi connectivity index (χ1) is 9.60. The number of anilines is 1. The molecule has 2 rings (SSSR count). The van der Waals surface area contributed by atoms with Crippen molar-refractivity contribution in [2.24, 2.45) is 5.84 Å². The molecule has 7 heteroatoms. The average Bonchev–Trinajstić information content (AvgIpc) is 2.47. The van der Waals surface area contributed by atoms with E-state index in [0.717, 1.165) is 10.0 Å². The summed E-state index contributed by atoms with van der Waals surface area (Å²) in [6.07, 6.45) is 2.83. The molecule has 0 aliphatic carbocycles. The molecule has 0 spiro atoms. The smallest absolute Gasteiger partial charge is 0.272 e. The SMILES string of the molecule is CC(NC(=O)c1cncc(NN)n1)c1cccc(Br)c1. The fourth-order valence-electron chi connectivity index (χ4n) is 1.67. The van der Waals surface area contributed by atoms with Crippen molar-refractivity contribution in [2.75, 3.05) is 5.43 Å². The lowest BCUT2D eigenvalue weighted by molar-refractivity contribution is 0.0934. The van der Waals surface area contributed by atoms with Gasteiger partial charge in [-0.3, -0.25) is 9.78 Å². The molecule has 6 nitrogen and oxygen atoms in total. The predicted octanol–water partition coefficient (Wildman–Crippen LogP) is 2.02. The van der Waals surface area contributed by atoms with Crippen LogP contribution in [0.3, 0.4) is 0 Å². The summed E-state index contributed by atoms with van der Waals surface area (Å²) >= 11 is 3.40. The second-order valence-corrected chi connectivity index (χ2v) is 5.10. The first-order valence-electron chi connectivity index (χ1n) is 5.95. The number of nitrogen functional groups attached to an aromatic ring is 1. The van der Waals surface area contributed by atoms with Crippen LogP contribution in [0.5, 0.6) is 0 Å². The summed E-state index contributed by atoms with van der Waals surface area (Å²) in [6.45, 7) is 1.90. The lowest BCUT2D eigenvalue weighted by Crippen LogP contribution is -2.28. The normalized spacial score (nSPS) is 11.8. The summed E-state index contributed by atoms with van der Waals surface area (Å²) in [4.78, 5) is 20.0. The van der Waals surface area contributed by atoms with Crippen molar-refractivity contribution < 1.29 is 4.79 Å². The molecule has 104 valence electrons. The Morgan fingerprint density at radius 3 is 2.90 bits per heavy atom. The molecule has 0 bridgehead atoms. The number of aromatic nitrogens is 2. The van der Waals surface area contributed by atoms with Crippen molar-refractivity contribution >= 4 is 27.7 Å². The molecule has 0 saturated carbocycles. The molecule has 1 unspecified atom stereocenters. The Balaban J connectivity index is 2.10. The number of carbonyl (C=O) groups excluding carboxylic acids is 1. The van der Waals surface area contributed by atoms with Crippen LogP contribution in [-0.2, 0) is 0 Å². The van der Waals surface area contributed by atoms with E-state index in [-0.39, 0.29) is 17.6 Å². The van der Waals surface area contributed by atoms with E-state index < -0.39 is 0 Å². The van der Waals surface area contributed by atoms with Crippen LogP contribution in [0.2, 0.25) is 0 Å². The van der Waals surface area contributed by atoms with Gasteiger partial charge in [-0.2, -0.15) is 0 Å². The largest absolute Gasteiger partial charge is 0.344 e. The fraction of sp³-hybridized carbons (Fsp3) is 0.154. The van der Waals surface area contributed by atoms with E-state index in [2.05, 4.69) is 36.6 Å². The van der Waals surface area contributed by atoms with Gasteiger partial charge in [0.2, 0.25) is 0 Å². The summed E-state index contributed by atoms with van der Waals surface area (Å²) in [7, 11) is 0. The maximum absolute atomic E-state index is 12.1. The van der Waals surface area contributed by atoms with Gasteiger partial charge in [-0.15, -0.1) is 0 Å². The third-order valence-corrected chi connectivity index (χ3v) is 3.20. The highest BCUT2D eigenvalue weighted by molar-refractivity contribution is 9.10. The highest BCUT2D eigenvalue weighted by atomic mass is 79.9. The van der Waals surface area contributed by atoms with Crippen LogP contribution < -0.4 is 16.6 Å². The van der Waals surface area contributed by atoms with Crippen molar-refractivity contribution in [3.8, 4) is 0 Å². The topological polar surface area (TPSA) is 92.9 Å². The van der Waals surface area contributed by atoms with E-state index in [1.54, 1.807) is 0 Å². The third-order valence-electron chi connectivity index (χ3n) is 2.71. The van der Waals surface area contributed by atoms with Crippen LogP contribution in [-0.4, -0.2) is 15.9 Å². The maximum Gasteiger partial charge on any atom is 0.272 e. The second-order valence-electron chi connectivity index (χ2n) is 4.18. The zero-order chi connectivity index (χ0) is 14.5. The van der Waals surface area contributed by atoms with E-state index in [1.807, 2.05) is 31.2 Å². The molecule has 1 heterocycles. The summed E-state index contributed by atoms with van der Waals surface area (Å²) in [5.41, 5.74) is 3.56. The Hall–Kier alpha value is -1.99. The Morgan fingerprint density at radius 2 is 2.20 bits per heavy atom. The molecule has 4 N–H and O–H groups in total. The van der Waals surface area contributed by atoms with E-state index >= 15 is 0 Å². The number of rotatable bonds is 4. The zero-order valence-electron chi connectivity index (χ0n) is 10.8. The maximum atomic E-state index is 12.1. The van der Waals surface area contributed by atoms with E-state index in [1.165, 1.54) is 12.4 Å². The van der Waals surface area contributed by atoms with Crippen LogP contribution in [0.1, 0.15) is 29.0 Å². The van der Waals surface area contributed by atoms with Gasteiger partial charge >= 0.3 is 0 Å².